The molecule has 1 aromatic heterocycles. The van der Waals surface area contributed by atoms with E-state index in [1.54, 1.807) is 23.1 Å². The molecule has 7 heteroatoms. The Morgan fingerprint density at radius 3 is 2.75 bits per heavy atom. The Morgan fingerprint density at radius 1 is 1.12 bits per heavy atom. The van der Waals surface area contributed by atoms with Gasteiger partial charge in [-0.2, -0.15) is 0 Å². The van der Waals surface area contributed by atoms with Gasteiger partial charge in [0.05, 0.1) is 4.90 Å². The number of H-pyrrole nitrogens is 1. The van der Waals surface area contributed by atoms with Crippen molar-refractivity contribution in [2.24, 2.45) is 5.14 Å². The molecular weight excluding hydrogens is 326 g/mol. The van der Waals surface area contributed by atoms with Crippen molar-refractivity contribution in [3.63, 3.8) is 0 Å². The lowest BCUT2D eigenvalue weighted by Crippen LogP contribution is -2.29. The molecule has 24 heavy (non-hydrogen) atoms. The fraction of sp³-hybridized carbons (Fsp3) is 0.118. The first-order valence-corrected chi connectivity index (χ1v) is 9.03. The summed E-state index contributed by atoms with van der Waals surface area (Å²) in [5.74, 6) is -0.156. The molecule has 0 saturated heterocycles. The van der Waals surface area contributed by atoms with Crippen LogP contribution in [0.5, 0.6) is 0 Å². The van der Waals surface area contributed by atoms with E-state index in [-0.39, 0.29) is 10.8 Å². The van der Waals surface area contributed by atoms with E-state index in [9.17, 15) is 13.2 Å². The molecule has 0 saturated carbocycles. The van der Waals surface area contributed by atoms with Gasteiger partial charge in [-0.05, 0) is 47.7 Å². The van der Waals surface area contributed by atoms with Gasteiger partial charge in [0.2, 0.25) is 10.0 Å². The third kappa shape index (κ3) is 2.38. The number of fused-ring (bicyclic) bond motifs is 2. The number of aromatic amines is 1. The molecule has 0 bridgehead atoms. The first kappa shape index (κ1) is 14.9. The van der Waals surface area contributed by atoms with Crippen molar-refractivity contribution >= 4 is 32.5 Å². The minimum absolute atomic E-state index is 0.0146. The van der Waals surface area contributed by atoms with Crippen molar-refractivity contribution in [3.8, 4) is 0 Å². The number of sulfonamides is 1. The number of benzene rings is 2. The van der Waals surface area contributed by atoms with Gasteiger partial charge in [-0.15, -0.1) is 0 Å². The van der Waals surface area contributed by atoms with E-state index in [2.05, 4.69) is 4.98 Å². The summed E-state index contributed by atoms with van der Waals surface area (Å²) < 4.78 is 23.1. The number of hydrogen-bond donors (Lipinski definition) is 2. The Labute approximate surface area is 138 Å². The van der Waals surface area contributed by atoms with Gasteiger partial charge in [-0.1, -0.05) is 12.1 Å². The van der Waals surface area contributed by atoms with E-state index in [1.807, 2.05) is 18.3 Å². The van der Waals surface area contributed by atoms with E-state index >= 15 is 0 Å². The number of primary sulfonamides is 1. The fourth-order valence-electron chi connectivity index (χ4n) is 3.08. The van der Waals surface area contributed by atoms with Crippen molar-refractivity contribution in [3.05, 3.63) is 59.8 Å². The molecule has 0 unspecified atom stereocenters. The van der Waals surface area contributed by atoms with Crippen LogP contribution in [0.25, 0.3) is 10.9 Å². The Kier molecular flexibility index (Phi) is 3.22. The predicted octanol–water partition coefficient (Wildman–Crippen LogP) is 2.02. The Morgan fingerprint density at radius 2 is 1.96 bits per heavy atom. The third-order valence-corrected chi connectivity index (χ3v) is 5.24. The second kappa shape index (κ2) is 5.19. The summed E-state index contributed by atoms with van der Waals surface area (Å²) in [7, 11) is -3.80. The van der Waals surface area contributed by atoms with Crippen molar-refractivity contribution < 1.29 is 13.2 Å². The molecule has 0 radical (unpaired) electrons. The summed E-state index contributed by atoms with van der Waals surface area (Å²) in [6.07, 6.45) is 2.51. The number of amides is 1. The molecule has 6 nitrogen and oxygen atoms in total. The van der Waals surface area contributed by atoms with Gasteiger partial charge in [0, 0.05) is 29.5 Å². The van der Waals surface area contributed by atoms with Crippen LogP contribution in [0.4, 0.5) is 5.69 Å². The van der Waals surface area contributed by atoms with E-state index in [4.69, 9.17) is 5.14 Å². The van der Waals surface area contributed by atoms with Gasteiger partial charge < -0.3 is 9.88 Å². The topological polar surface area (TPSA) is 96.3 Å². The molecule has 1 amide bonds. The summed E-state index contributed by atoms with van der Waals surface area (Å²) >= 11 is 0. The monoisotopic (exact) mass is 341 g/mol. The van der Waals surface area contributed by atoms with Gasteiger partial charge in [0.25, 0.3) is 5.91 Å². The smallest absolute Gasteiger partial charge is 0.258 e. The highest BCUT2D eigenvalue weighted by Gasteiger charge is 2.27. The van der Waals surface area contributed by atoms with Crippen LogP contribution in [0.1, 0.15) is 15.9 Å². The largest absolute Gasteiger partial charge is 0.361 e. The first-order chi connectivity index (χ1) is 11.4. The molecule has 1 aliphatic heterocycles. The second-order valence-electron chi connectivity index (χ2n) is 5.82. The molecule has 122 valence electrons. The SMILES string of the molecule is NS(=O)(=O)c1ccc2c(c1)N(C(=O)c1ccc3cc[nH]c3c1)CC2. The summed E-state index contributed by atoms with van der Waals surface area (Å²) in [6.45, 7) is 0.519. The van der Waals surface area contributed by atoms with Crippen molar-refractivity contribution in [2.45, 2.75) is 11.3 Å². The van der Waals surface area contributed by atoms with Crippen LogP contribution in [-0.4, -0.2) is 25.9 Å². The second-order valence-corrected chi connectivity index (χ2v) is 7.38. The Balaban J connectivity index is 1.75. The predicted molar refractivity (Wildman–Crippen MR) is 91.5 cm³/mol. The highest BCUT2D eigenvalue weighted by molar-refractivity contribution is 7.89. The Hall–Kier alpha value is -2.64. The molecule has 0 spiro atoms. The maximum atomic E-state index is 12.9. The van der Waals surface area contributed by atoms with Crippen LogP contribution in [-0.2, 0) is 16.4 Å². The van der Waals surface area contributed by atoms with E-state index in [1.165, 1.54) is 12.1 Å². The highest BCUT2D eigenvalue weighted by Crippen LogP contribution is 2.31. The van der Waals surface area contributed by atoms with Crippen LogP contribution in [0.15, 0.2) is 53.6 Å². The molecule has 0 atom stereocenters. The average molecular weight is 341 g/mol. The summed E-state index contributed by atoms with van der Waals surface area (Å²) in [6, 6.07) is 12.1. The lowest BCUT2D eigenvalue weighted by Gasteiger charge is -2.18. The number of carbonyl (C=O) groups excluding carboxylic acids is 1. The zero-order valence-electron chi connectivity index (χ0n) is 12.7. The van der Waals surface area contributed by atoms with Crippen molar-refractivity contribution in [1.29, 1.82) is 0 Å². The number of aromatic nitrogens is 1. The lowest BCUT2D eigenvalue weighted by molar-refractivity contribution is 0.0989. The maximum Gasteiger partial charge on any atom is 0.258 e. The lowest BCUT2D eigenvalue weighted by atomic mass is 10.1. The molecule has 2 heterocycles. The van der Waals surface area contributed by atoms with Gasteiger partial charge >= 0.3 is 0 Å². The van der Waals surface area contributed by atoms with E-state index in [0.29, 0.717) is 24.2 Å². The average Bonchev–Trinajstić information content (AvgIpc) is 3.18. The van der Waals surface area contributed by atoms with Crippen LogP contribution in [0.3, 0.4) is 0 Å². The zero-order chi connectivity index (χ0) is 16.9. The number of nitrogens with one attached hydrogen (secondary N) is 1. The minimum Gasteiger partial charge on any atom is -0.361 e. The summed E-state index contributed by atoms with van der Waals surface area (Å²) in [4.78, 5) is 17.6. The quantitative estimate of drug-likeness (QED) is 0.746. The minimum atomic E-state index is -3.80. The van der Waals surface area contributed by atoms with E-state index < -0.39 is 10.0 Å². The normalized spacial score (nSPS) is 14.1. The van der Waals surface area contributed by atoms with Crippen molar-refractivity contribution in [2.75, 3.05) is 11.4 Å². The number of hydrogen-bond acceptors (Lipinski definition) is 3. The molecule has 0 aliphatic carbocycles. The van der Waals surface area contributed by atoms with Crippen LogP contribution < -0.4 is 10.0 Å². The highest BCUT2D eigenvalue weighted by atomic mass is 32.2. The number of nitrogens with two attached hydrogens (primary N) is 1. The van der Waals surface area contributed by atoms with Gasteiger partial charge in [-0.3, -0.25) is 4.79 Å². The summed E-state index contributed by atoms with van der Waals surface area (Å²) in [5, 5.41) is 6.23. The molecule has 1 aliphatic rings. The van der Waals surface area contributed by atoms with Crippen LogP contribution >= 0.6 is 0 Å². The standard InChI is InChI=1S/C17H15N3O3S/c18-24(22,23)14-4-3-12-6-8-20(16(12)10-14)17(21)13-2-1-11-5-7-19-15(11)9-13/h1-5,7,9-10,19H,6,8H2,(H2,18,22,23). The third-order valence-electron chi connectivity index (χ3n) is 4.33. The van der Waals surface area contributed by atoms with E-state index in [0.717, 1.165) is 16.5 Å². The number of rotatable bonds is 2. The molecule has 0 fully saturated rings. The van der Waals surface area contributed by atoms with Gasteiger partial charge in [0.15, 0.2) is 0 Å². The summed E-state index contributed by atoms with van der Waals surface area (Å²) in [5.41, 5.74) is 2.99. The Bertz CT molecular complexity index is 1070. The first-order valence-electron chi connectivity index (χ1n) is 7.48. The molecular formula is C17H15N3O3S. The van der Waals surface area contributed by atoms with Crippen molar-refractivity contribution in [1.82, 2.24) is 4.98 Å². The van der Waals surface area contributed by atoms with Gasteiger partial charge in [0.1, 0.15) is 0 Å². The molecule has 3 N–H and O–H groups in total. The fourth-order valence-corrected chi connectivity index (χ4v) is 3.62. The number of carbonyl (C=O) groups is 1. The zero-order valence-corrected chi connectivity index (χ0v) is 13.5. The maximum absolute atomic E-state index is 12.9. The molecule has 4 rings (SSSR count). The van der Waals surface area contributed by atoms with Gasteiger partial charge in [-0.25, -0.2) is 13.6 Å². The molecule has 3 aromatic rings. The van der Waals surface area contributed by atoms with Crippen LogP contribution in [0, 0.1) is 0 Å². The number of nitrogens with zero attached hydrogens (tertiary/aromatic N) is 1. The van der Waals surface area contributed by atoms with Crippen LogP contribution in [0.2, 0.25) is 0 Å². The molecule has 2 aromatic carbocycles. The number of anilines is 1.